The first kappa shape index (κ1) is 19.2. The minimum absolute atomic E-state index is 0.0718. The molecule has 1 aromatic carbocycles. The van der Waals surface area contributed by atoms with Gasteiger partial charge in [-0.05, 0) is 36.2 Å². The Morgan fingerprint density at radius 3 is 2.59 bits per heavy atom. The molecule has 0 bridgehead atoms. The molecule has 3 aromatic rings. The van der Waals surface area contributed by atoms with Crippen molar-refractivity contribution in [2.45, 2.75) is 17.7 Å². The molecule has 3 rings (SSSR count). The molecule has 1 amide bonds. The average molecular weight is 403 g/mol. The molecule has 0 unspecified atom stereocenters. The van der Waals surface area contributed by atoms with Gasteiger partial charge in [0.15, 0.2) is 0 Å². The van der Waals surface area contributed by atoms with Crippen LogP contribution in [0.15, 0.2) is 58.9 Å². The predicted octanol–water partition coefficient (Wildman–Crippen LogP) is 1.75. The fourth-order valence-electron chi connectivity index (χ4n) is 2.41. The number of amides is 1. The molecule has 9 heteroatoms. The first-order chi connectivity index (χ1) is 12.9. The van der Waals surface area contributed by atoms with Crippen LogP contribution >= 0.6 is 11.3 Å². The van der Waals surface area contributed by atoms with Crippen molar-refractivity contribution in [2.24, 2.45) is 5.14 Å². The second-order valence-electron chi connectivity index (χ2n) is 5.82. The van der Waals surface area contributed by atoms with Gasteiger partial charge in [0.25, 0.3) is 0 Å². The number of benzene rings is 1. The number of pyridine rings is 1. The number of carbonyl (C=O) groups is 1. The highest BCUT2D eigenvalue weighted by atomic mass is 32.2. The second kappa shape index (κ2) is 8.38. The molecule has 0 radical (unpaired) electrons. The summed E-state index contributed by atoms with van der Waals surface area (Å²) in [6, 6.07) is 11.9. The third kappa shape index (κ3) is 5.43. The monoisotopic (exact) mass is 402 g/mol. The van der Waals surface area contributed by atoms with E-state index in [1.54, 1.807) is 18.3 Å². The van der Waals surface area contributed by atoms with Gasteiger partial charge in [0.1, 0.15) is 5.01 Å². The average Bonchev–Trinajstić information content (AvgIpc) is 3.10. The molecular formula is C18H18N4O3S2. The van der Waals surface area contributed by atoms with Crippen molar-refractivity contribution in [2.75, 3.05) is 6.54 Å². The van der Waals surface area contributed by atoms with Gasteiger partial charge in [-0.1, -0.05) is 18.2 Å². The molecule has 3 N–H and O–H groups in total. The first-order valence-corrected chi connectivity index (χ1v) is 10.6. The van der Waals surface area contributed by atoms with E-state index in [1.807, 2.05) is 23.6 Å². The molecule has 0 atom stereocenters. The summed E-state index contributed by atoms with van der Waals surface area (Å²) in [5, 5.41) is 10.5. The lowest BCUT2D eigenvalue weighted by Gasteiger charge is -2.05. The summed E-state index contributed by atoms with van der Waals surface area (Å²) in [4.78, 5) is 20.8. The van der Waals surface area contributed by atoms with Gasteiger partial charge >= 0.3 is 0 Å². The molecule has 0 aliphatic rings. The van der Waals surface area contributed by atoms with E-state index in [4.69, 9.17) is 5.14 Å². The lowest BCUT2D eigenvalue weighted by atomic mass is 10.1. The van der Waals surface area contributed by atoms with Crippen LogP contribution in [0.4, 0.5) is 0 Å². The maximum absolute atomic E-state index is 12.1. The Bertz CT molecular complexity index is 1020. The van der Waals surface area contributed by atoms with Gasteiger partial charge < -0.3 is 5.32 Å². The fourth-order valence-corrected chi connectivity index (χ4v) is 3.72. The SMILES string of the molecule is NS(=O)(=O)c1ccc(CCNC(=O)Cc2csc(-c3ccccn3)n2)cc1. The van der Waals surface area contributed by atoms with E-state index in [-0.39, 0.29) is 17.2 Å². The Morgan fingerprint density at radius 1 is 1.15 bits per heavy atom. The van der Waals surface area contributed by atoms with E-state index in [1.165, 1.54) is 23.5 Å². The van der Waals surface area contributed by atoms with E-state index < -0.39 is 10.0 Å². The number of nitrogens with zero attached hydrogens (tertiary/aromatic N) is 2. The summed E-state index contributed by atoms with van der Waals surface area (Å²) in [5.74, 6) is -0.117. The van der Waals surface area contributed by atoms with Gasteiger partial charge in [-0.2, -0.15) is 0 Å². The van der Waals surface area contributed by atoms with Crippen molar-refractivity contribution in [1.29, 1.82) is 0 Å². The van der Waals surface area contributed by atoms with Gasteiger partial charge in [0.2, 0.25) is 15.9 Å². The second-order valence-corrected chi connectivity index (χ2v) is 8.24. The molecule has 0 saturated carbocycles. The Morgan fingerprint density at radius 2 is 1.93 bits per heavy atom. The van der Waals surface area contributed by atoms with Crippen LogP contribution < -0.4 is 10.5 Å². The van der Waals surface area contributed by atoms with E-state index in [0.29, 0.717) is 18.7 Å². The van der Waals surface area contributed by atoms with Gasteiger partial charge in [0.05, 0.1) is 22.7 Å². The van der Waals surface area contributed by atoms with Gasteiger partial charge in [0, 0.05) is 18.1 Å². The number of nitrogens with two attached hydrogens (primary N) is 1. The lowest BCUT2D eigenvalue weighted by molar-refractivity contribution is -0.120. The summed E-state index contributed by atoms with van der Waals surface area (Å²) in [6.07, 6.45) is 2.50. The number of thiazole rings is 1. The molecule has 2 heterocycles. The topological polar surface area (TPSA) is 115 Å². The van der Waals surface area contributed by atoms with Gasteiger partial charge in [-0.25, -0.2) is 18.5 Å². The van der Waals surface area contributed by atoms with Crippen LogP contribution in [-0.2, 0) is 27.7 Å². The number of sulfonamides is 1. The van der Waals surface area contributed by atoms with Crippen LogP contribution in [0.3, 0.4) is 0 Å². The predicted molar refractivity (Wildman–Crippen MR) is 104 cm³/mol. The molecule has 27 heavy (non-hydrogen) atoms. The number of carbonyl (C=O) groups excluding carboxylic acids is 1. The highest BCUT2D eigenvalue weighted by molar-refractivity contribution is 7.89. The Balaban J connectivity index is 1.48. The van der Waals surface area contributed by atoms with Crippen molar-refractivity contribution in [3.8, 4) is 10.7 Å². The summed E-state index contributed by atoms with van der Waals surface area (Å²) < 4.78 is 22.5. The van der Waals surface area contributed by atoms with Crippen molar-refractivity contribution >= 4 is 27.3 Å². The zero-order valence-electron chi connectivity index (χ0n) is 14.3. The zero-order chi connectivity index (χ0) is 19.3. The van der Waals surface area contributed by atoms with E-state index in [9.17, 15) is 13.2 Å². The molecule has 0 fully saturated rings. The fraction of sp³-hybridized carbons (Fsp3) is 0.167. The number of hydrogen-bond donors (Lipinski definition) is 2. The van der Waals surface area contributed by atoms with Crippen LogP contribution in [0, 0.1) is 0 Å². The van der Waals surface area contributed by atoms with Gasteiger partial charge in [-0.3, -0.25) is 9.78 Å². The number of aromatic nitrogens is 2. The molecule has 2 aromatic heterocycles. The van der Waals surface area contributed by atoms with Crippen molar-refractivity contribution in [1.82, 2.24) is 15.3 Å². The standard InChI is InChI=1S/C18H18N4O3S2/c19-27(24,25)15-6-4-13(5-7-15)8-10-21-17(23)11-14-12-26-18(22-14)16-3-1-2-9-20-16/h1-7,9,12H,8,10-11H2,(H,21,23)(H2,19,24,25). The largest absolute Gasteiger partial charge is 0.355 e. The first-order valence-electron chi connectivity index (χ1n) is 8.16. The summed E-state index contributed by atoms with van der Waals surface area (Å²) >= 11 is 1.46. The lowest BCUT2D eigenvalue weighted by Crippen LogP contribution is -2.27. The van der Waals surface area contributed by atoms with E-state index >= 15 is 0 Å². The van der Waals surface area contributed by atoms with Crippen LogP contribution in [0.25, 0.3) is 10.7 Å². The number of nitrogens with one attached hydrogen (secondary N) is 1. The molecule has 140 valence electrons. The number of hydrogen-bond acceptors (Lipinski definition) is 6. The van der Waals surface area contributed by atoms with Crippen molar-refractivity contribution in [3.63, 3.8) is 0 Å². The maximum Gasteiger partial charge on any atom is 0.238 e. The van der Waals surface area contributed by atoms with Crippen LogP contribution in [0.5, 0.6) is 0 Å². The van der Waals surface area contributed by atoms with Gasteiger partial charge in [-0.15, -0.1) is 11.3 Å². The molecule has 0 saturated heterocycles. The molecule has 0 spiro atoms. The van der Waals surface area contributed by atoms with Crippen LogP contribution in [0.2, 0.25) is 0 Å². The molecular weight excluding hydrogens is 384 g/mol. The van der Waals surface area contributed by atoms with E-state index in [0.717, 1.165) is 16.3 Å². The molecule has 7 nitrogen and oxygen atoms in total. The Labute approximate surface area is 161 Å². The number of primary sulfonamides is 1. The quantitative estimate of drug-likeness (QED) is 0.625. The van der Waals surface area contributed by atoms with Crippen LogP contribution in [-0.4, -0.2) is 30.8 Å². The summed E-state index contributed by atoms with van der Waals surface area (Å²) in [7, 11) is -3.69. The zero-order valence-corrected chi connectivity index (χ0v) is 16.0. The smallest absolute Gasteiger partial charge is 0.238 e. The summed E-state index contributed by atoms with van der Waals surface area (Å²) in [6.45, 7) is 0.449. The van der Waals surface area contributed by atoms with E-state index in [2.05, 4.69) is 15.3 Å². The summed E-state index contributed by atoms with van der Waals surface area (Å²) in [5.41, 5.74) is 2.40. The van der Waals surface area contributed by atoms with Crippen molar-refractivity contribution in [3.05, 3.63) is 65.3 Å². The molecule has 0 aliphatic heterocycles. The maximum atomic E-state index is 12.1. The van der Waals surface area contributed by atoms with Crippen LogP contribution in [0.1, 0.15) is 11.3 Å². The third-order valence-corrected chi connectivity index (χ3v) is 5.61. The Hall–Kier alpha value is -2.62. The highest BCUT2D eigenvalue weighted by Crippen LogP contribution is 2.21. The Kier molecular flexibility index (Phi) is 5.94. The highest BCUT2D eigenvalue weighted by Gasteiger charge is 2.10. The van der Waals surface area contributed by atoms with Crippen molar-refractivity contribution < 1.29 is 13.2 Å². The minimum atomic E-state index is -3.69. The molecule has 0 aliphatic carbocycles. The normalized spacial score (nSPS) is 11.3. The third-order valence-electron chi connectivity index (χ3n) is 3.77. The minimum Gasteiger partial charge on any atom is -0.355 e. The number of rotatable bonds is 7.